The van der Waals surface area contributed by atoms with Crippen molar-refractivity contribution in [3.8, 4) is 5.75 Å². The first kappa shape index (κ1) is 16.8. The van der Waals surface area contributed by atoms with Gasteiger partial charge in [-0.15, -0.1) is 0 Å². The highest BCUT2D eigenvalue weighted by Crippen LogP contribution is 2.22. The molecule has 0 bridgehead atoms. The Bertz CT molecular complexity index is 675. The Balaban J connectivity index is 2.06. The molecule has 116 valence electrons. The average Bonchev–Trinajstić information content (AvgIpc) is 2.48. The molecule has 1 atom stereocenters. The quantitative estimate of drug-likeness (QED) is 0.771. The summed E-state index contributed by atoms with van der Waals surface area (Å²) in [5.74, 6) is 0.408. The maximum atomic E-state index is 12.3. The number of hydrogen-bond acceptors (Lipinski definition) is 2. The van der Waals surface area contributed by atoms with Gasteiger partial charge in [0.05, 0.1) is 0 Å². The predicted molar refractivity (Wildman–Crippen MR) is 93.7 cm³/mol. The fourth-order valence-corrected chi connectivity index (χ4v) is 2.40. The number of aryl methyl sites for hydroxylation is 1. The molecule has 1 N–H and O–H groups in total. The number of nitrogens with one attached hydrogen (secondary N) is 1. The van der Waals surface area contributed by atoms with Crippen LogP contribution in [-0.2, 0) is 4.79 Å². The third-order valence-electron chi connectivity index (χ3n) is 3.16. The predicted octanol–water partition coefficient (Wildman–Crippen LogP) is 5.21. The summed E-state index contributed by atoms with van der Waals surface area (Å²) in [6, 6.07) is 12.7. The molecule has 0 aliphatic carbocycles. The molecule has 3 nitrogen and oxygen atoms in total. The first-order valence-electron chi connectivity index (χ1n) is 6.99. The van der Waals surface area contributed by atoms with Crippen LogP contribution in [0.3, 0.4) is 0 Å². The highest BCUT2D eigenvalue weighted by Gasteiger charge is 2.18. The smallest absolute Gasteiger partial charge is 0.265 e. The lowest BCUT2D eigenvalue weighted by atomic mass is 10.2. The van der Waals surface area contributed by atoms with E-state index in [2.05, 4.69) is 21.2 Å². The summed E-state index contributed by atoms with van der Waals surface area (Å²) in [4.78, 5) is 12.3. The molecule has 0 fully saturated rings. The number of benzene rings is 2. The molecule has 2 rings (SSSR count). The van der Waals surface area contributed by atoms with Crippen LogP contribution in [-0.4, -0.2) is 12.0 Å². The molecule has 0 heterocycles. The van der Waals surface area contributed by atoms with Gasteiger partial charge >= 0.3 is 0 Å². The molecule has 0 aromatic heterocycles. The van der Waals surface area contributed by atoms with E-state index in [-0.39, 0.29) is 5.91 Å². The van der Waals surface area contributed by atoms with Gasteiger partial charge in [-0.25, -0.2) is 0 Å². The first-order chi connectivity index (χ1) is 10.5. The topological polar surface area (TPSA) is 38.3 Å². The summed E-state index contributed by atoms with van der Waals surface area (Å²) in [7, 11) is 0. The van der Waals surface area contributed by atoms with E-state index in [1.807, 2.05) is 32.0 Å². The molecule has 0 spiro atoms. The van der Waals surface area contributed by atoms with Gasteiger partial charge in [0.2, 0.25) is 0 Å². The summed E-state index contributed by atoms with van der Waals surface area (Å²) >= 11 is 9.37. The van der Waals surface area contributed by atoms with E-state index in [9.17, 15) is 4.79 Å². The van der Waals surface area contributed by atoms with Crippen molar-refractivity contribution >= 4 is 39.1 Å². The second-order valence-electron chi connectivity index (χ2n) is 4.93. The van der Waals surface area contributed by atoms with Crippen LogP contribution < -0.4 is 10.1 Å². The summed E-state index contributed by atoms with van der Waals surface area (Å²) < 4.78 is 6.73. The largest absolute Gasteiger partial charge is 0.481 e. The minimum atomic E-state index is -0.567. The van der Waals surface area contributed by atoms with Crippen LogP contribution in [0, 0.1) is 6.92 Å². The molecule has 5 heteroatoms. The number of carbonyl (C=O) groups excluding carboxylic acids is 1. The number of anilines is 1. The van der Waals surface area contributed by atoms with Gasteiger partial charge in [0.1, 0.15) is 5.75 Å². The number of hydrogen-bond donors (Lipinski definition) is 1. The third-order valence-corrected chi connectivity index (χ3v) is 4.29. The molecule has 2 aromatic carbocycles. The Kier molecular flexibility index (Phi) is 5.86. The SMILES string of the molecule is CCC(Oc1cccc(Cl)c1)C(=O)Nc1ccc(Br)c(C)c1. The van der Waals surface area contributed by atoms with Crippen molar-refractivity contribution in [2.75, 3.05) is 5.32 Å². The number of halogens is 2. The van der Waals surface area contributed by atoms with Crippen LogP contribution in [0.25, 0.3) is 0 Å². The molecular weight excluding hydrogens is 366 g/mol. The van der Waals surface area contributed by atoms with Crippen LogP contribution in [0.4, 0.5) is 5.69 Å². The molecule has 1 amide bonds. The van der Waals surface area contributed by atoms with E-state index in [1.165, 1.54) is 0 Å². The Morgan fingerprint density at radius 1 is 1.32 bits per heavy atom. The van der Waals surface area contributed by atoms with E-state index >= 15 is 0 Å². The van der Waals surface area contributed by atoms with Crippen LogP contribution in [0.1, 0.15) is 18.9 Å². The molecule has 0 radical (unpaired) electrons. The van der Waals surface area contributed by atoms with Crippen molar-refractivity contribution < 1.29 is 9.53 Å². The first-order valence-corrected chi connectivity index (χ1v) is 8.16. The third kappa shape index (κ3) is 4.49. The number of rotatable bonds is 5. The lowest BCUT2D eigenvalue weighted by Crippen LogP contribution is -2.32. The minimum Gasteiger partial charge on any atom is -0.481 e. The Labute approximate surface area is 143 Å². The average molecular weight is 383 g/mol. The van der Waals surface area contributed by atoms with Gasteiger partial charge in [0, 0.05) is 15.2 Å². The van der Waals surface area contributed by atoms with Gasteiger partial charge in [0.25, 0.3) is 5.91 Å². The summed E-state index contributed by atoms with van der Waals surface area (Å²) in [5, 5.41) is 3.46. The number of amides is 1. The van der Waals surface area contributed by atoms with Crippen LogP contribution in [0.15, 0.2) is 46.9 Å². The zero-order valence-corrected chi connectivity index (χ0v) is 14.7. The zero-order chi connectivity index (χ0) is 16.1. The van der Waals surface area contributed by atoms with Crippen molar-refractivity contribution in [2.24, 2.45) is 0 Å². The normalized spacial score (nSPS) is 11.8. The van der Waals surface area contributed by atoms with Crippen molar-refractivity contribution in [1.29, 1.82) is 0 Å². The molecule has 1 unspecified atom stereocenters. The fourth-order valence-electron chi connectivity index (χ4n) is 1.97. The summed E-state index contributed by atoms with van der Waals surface area (Å²) in [6.07, 6.45) is -0.00385. The lowest BCUT2D eigenvalue weighted by Gasteiger charge is -2.17. The van der Waals surface area contributed by atoms with E-state index in [1.54, 1.807) is 24.3 Å². The zero-order valence-electron chi connectivity index (χ0n) is 12.4. The highest BCUT2D eigenvalue weighted by atomic mass is 79.9. The van der Waals surface area contributed by atoms with Crippen LogP contribution >= 0.6 is 27.5 Å². The second kappa shape index (κ2) is 7.65. The molecule has 22 heavy (non-hydrogen) atoms. The Morgan fingerprint density at radius 2 is 2.09 bits per heavy atom. The highest BCUT2D eigenvalue weighted by molar-refractivity contribution is 9.10. The van der Waals surface area contributed by atoms with E-state index in [4.69, 9.17) is 16.3 Å². The molecule has 0 saturated carbocycles. The van der Waals surface area contributed by atoms with Crippen LogP contribution in [0.2, 0.25) is 5.02 Å². The van der Waals surface area contributed by atoms with E-state index in [0.717, 1.165) is 15.7 Å². The number of carbonyl (C=O) groups is 1. The summed E-state index contributed by atoms with van der Waals surface area (Å²) in [5.41, 5.74) is 1.81. The van der Waals surface area contributed by atoms with Crippen molar-refractivity contribution in [2.45, 2.75) is 26.4 Å². The summed E-state index contributed by atoms with van der Waals surface area (Å²) in [6.45, 7) is 3.88. The van der Waals surface area contributed by atoms with E-state index < -0.39 is 6.10 Å². The van der Waals surface area contributed by atoms with Gasteiger partial charge in [-0.2, -0.15) is 0 Å². The van der Waals surface area contributed by atoms with Gasteiger partial charge in [-0.1, -0.05) is 40.5 Å². The fraction of sp³-hybridized carbons (Fsp3) is 0.235. The van der Waals surface area contributed by atoms with E-state index in [0.29, 0.717) is 17.2 Å². The Hall–Kier alpha value is -1.52. The minimum absolute atomic E-state index is 0.177. The second-order valence-corrected chi connectivity index (χ2v) is 6.22. The van der Waals surface area contributed by atoms with Gasteiger partial charge in [-0.3, -0.25) is 4.79 Å². The standard InChI is InChI=1S/C17H17BrClNO2/c1-3-16(22-14-6-4-5-12(19)10-14)17(21)20-13-7-8-15(18)11(2)9-13/h4-10,16H,3H2,1-2H3,(H,20,21). The monoisotopic (exact) mass is 381 g/mol. The maximum Gasteiger partial charge on any atom is 0.265 e. The molecule has 0 aliphatic rings. The van der Waals surface area contributed by atoms with Crippen LogP contribution in [0.5, 0.6) is 5.75 Å². The van der Waals surface area contributed by atoms with Crippen molar-refractivity contribution in [3.63, 3.8) is 0 Å². The maximum absolute atomic E-state index is 12.3. The molecule has 2 aromatic rings. The van der Waals surface area contributed by atoms with Gasteiger partial charge < -0.3 is 10.1 Å². The lowest BCUT2D eigenvalue weighted by molar-refractivity contribution is -0.122. The molecule has 0 saturated heterocycles. The Morgan fingerprint density at radius 3 is 2.73 bits per heavy atom. The van der Waals surface area contributed by atoms with Crippen molar-refractivity contribution in [1.82, 2.24) is 0 Å². The molecular formula is C17H17BrClNO2. The molecule has 0 aliphatic heterocycles. The van der Waals surface area contributed by atoms with Gasteiger partial charge in [0.15, 0.2) is 6.10 Å². The van der Waals surface area contributed by atoms with Gasteiger partial charge in [-0.05, 0) is 55.3 Å². The number of ether oxygens (including phenoxy) is 1. The van der Waals surface area contributed by atoms with Crippen molar-refractivity contribution in [3.05, 3.63) is 57.5 Å².